The number of rotatable bonds is 9. The van der Waals surface area contributed by atoms with Crippen LogP contribution in [0.25, 0.3) is 0 Å². The van der Waals surface area contributed by atoms with Crippen molar-refractivity contribution in [3.63, 3.8) is 0 Å². The number of benzene rings is 2. The normalized spacial score (nSPS) is 12.4. The van der Waals surface area contributed by atoms with Crippen LogP contribution < -0.4 is 9.62 Å². The van der Waals surface area contributed by atoms with E-state index in [1.807, 2.05) is 0 Å². The van der Waals surface area contributed by atoms with Crippen LogP contribution in [0.3, 0.4) is 0 Å². The number of halogens is 4. The predicted octanol–water partition coefficient (Wildman–Crippen LogP) is 5.01. The van der Waals surface area contributed by atoms with Gasteiger partial charge in [-0.15, -0.1) is 0 Å². The molecule has 0 heterocycles. The molecule has 2 aromatic rings. The first-order valence-electron chi connectivity index (χ1n) is 10.2. The molecule has 186 valence electrons. The molecule has 34 heavy (non-hydrogen) atoms. The SMILES string of the molecule is CC(C)NC(=O)[C@@H](C)N(Cc1ccc(Cl)cc1Cl)C(=O)CN(c1ccc(Cl)c(Cl)c1)S(C)(=O)=O. The zero-order valence-corrected chi connectivity index (χ0v) is 22.8. The molecule has 1 atom stereocenters. The molecule has 7 nitrogen and oxygen atoms in total. The van der Waals surface area contributed by atoms with E-state index < -0.39 is 34.4 Å². The van der Waals surface area contributed by atoms with Gasteiger partial charge in [-0.1, -0.05) is 52.5 Å². The summed E-state index contributed by atoms with van der Waals surface area (Å²) in [5.41, 5.74) is 0.707. The van der Waals surface area contributed by atoms with Gasteiger partial charge >= 0.3 is 0 Å². The fraction of sp³-hybridized carbons (Fsp3) is 0.364. The maximum atomic E-state index is 13.5. The third kappa shape index (κ3) is 7.65. The van der Waals surface area contributed by atoms with Crippen LogP contribution >= 0.6 is 46.4 Å². The molecule has 0 bridgehead atoms. The van der Waals surface area contributed by atoms with Gasteiger partial charge in [-0.05, 0) is 56.7 Å². The Morgan fingerprint density at radius 3 is 2.12 bits per heavy atom. The fourth-order valence-electron chi connectivity index (χ4n) is 3.08. The summed E-state index contributed by atoms with van der Waals surface area (Å²) in [5, 5.41) is 3.87. The smallest absolute Gasteiger partial charge is 0.244 e. The van der Waals surface area contributed by atoms with Crippen molar-refractivity contribution in [1.29, 1.82) is 0 Å². The second-order valence-electron chi connectivity index (χ2n) is 7.96. The summed E-state index contributed by atoms with van der Waals surface area (Å²) in [4.78, 5) is 27.5. The monoisotopic (exact) mass is 567 g/mol. The molecule has 0 fully saturated rings. The largest absolute Gasteiger partial charge is 0.352 e. The summed E-state index contributed by atoms with van der Waals surface area (Å²) < 4.78 is 26.0. The number of sulfonamides is 1. The molecule has 0 spiro atoms. The first kappa shape index (κ1) is 28.5. The molecule has 0 radical (unpaired) electrons. The number of nitrogens with zero attached hydrogens (tertiary/aromatic N) is 2. The molecule has 0 aliphatic heterocycles. The first-order valence-corrected chi connectivity index (χ1v) is 13.5. The van der Waals surface area contributed by atoms with Crippen molar-refractivity contribution in [1.82, 2.24) is 10.2 Å². The Balaban J connectivity index is 2.44. The Bertz CT molecular complexity index is 1170. The Morgan fingerprint density at radius 1 is 0.941 bits per heavy atom. The zero-order valence-electron chi connectivity index (χ0n) is 19.0. The molecule has 1 N–H and O–H groups in total. The van der Waals surface area contributed by atoms with Gasteiger partial charge < -0.3 is 10.2 Å². The summed E-state index contributed by atoms with van der Waals surface area (Å²) in [6.07, 6.45) is 0.970. The third-order valence-corrected chi connectivity index (χ3v) is 7.29. The zero-order chi connectivity index (χ0) is 25.8. The van der Waals surface area contributed by atoms with Crippen LogP contribution in [0.5, 0.6) is 0 Å². The standard InChI is InChI=1S/C22H25Cl4N3O4S/c1-13(2)27-22(31)14(3)28(11-15-5-6-16(23)9-19(15)25)21(30)12-29(34(4,32)33)17-7-8-18(24)20(26)10-17/h5-10,13-14H,11-12H2,1-4H3,(H,27,31)/t14-/m1/s1. The second kappa shape index (κ2) is 11.8. The van der Waals surface area contributed by atoms with Crippen LogP contribution in [0.15, 0.2) is 36.4 Å². The number of hydrogen-bond acceptors (Lipinski definition) is 4. The van der Waals surface area contributed by atoms with Crippen LogP contribution in [0.1, 0.15) is 26.3 Å². The van der Waals surface area contributed by atoms with Gasteiger partial charge in [0.05, 0.1) is 22.0 Å². The van der Waals surface area contributed by atoms with E-state index in [2.05, 4.69) is 5.32 Å². The highest BCUT2D eigenvalue weighted by Gasteiger charge is 2.30. The fourth-order valence-corrected chi connectivity index (χ4v) is 4.68. The minimum Gasteiger partial charge on any atom is -0.352 e. The van der Waals surface area contributed by atoms with Crippen molar-refractivity contribution in [3.8, 4) is 0 Å². The summed E-state index contributed by atoms with van der Waals surface area (Å²) >= 11 is 24.3. The molecule has 2 amide bonds. The number of hydrogen-bond donors (Lipinski definition) is 1. The number of nitrogens with one attached hydrogen (secondary N) is 1. The van der Waals surface area contributed by atoms with Gasteiger partial charge in [0.1, 0.15) is 12.6 Å². The van der Waals surface area contributed by atoms with Gasteiger partial charge in [-0.3, -0.25) is 13.9 Å². The minimum atomic E-state index is -3.89. The molecule has 12 heteroatoms. The summed E-state index contributed by atoms with van der Waals surface area (Å²) in [6.45, 7) is 4.54. The predicted molar refractivity (Wildman–Crippen MR) is 138 cm³/mol. The summed E-state index contributed by atoms with van der Waals surface area (Å²) in [5.74, 6) is -1.01. The lowest BCUT2D eigenvalue weighted by molar-refractivity contribution is -0.139. The van der Waals surface area contributed by atoms with E-state index >= 15 is 0 Å². The Labute approximate surface area is 220 Å². The summed E-state index contributed by atoms with van der Waals surface area (Å²) in [7, 11) is -3.89. The van der Waals surface area contributed by atoms with E-state index in [0.29, 0.717) is 15.6 Å². The number of carbonyl (C=O) groups excluding carboxylic acids is 2. The Hall–Kier alpha value is -1.71. The van der Waals surface area contributed by atoms with Gasteiger partial charge in [0, 0.05) is 22.6 Å². The molecule has 0 aliphatic carbocycles. The quantitative estimate of drug-likeness (QED) is 0.461. The molecule has 2 rings (SSSR count). The highest BCUT2D eigenvalue weighted by atomic mass is 35.5. The number of anilines is 1. The van der Waals surface area contributed by atoms with Crippen molar-refractivity contribution in [2.75, 3.05) is 17.1 Å². The third-order valence-electron chi connectivity index (χ3n) is 4.82. The van der Waals surface area contributed by atoms with Crippen LogP contribution in [-0.4, -0.2) is 50.0 Å². The maximum absolute atomic E-state index is 13.5. The van der Waals surface area contributed by atoms with Crippen molar-refractivity contribution < 1.29 is 18.0 Å². The van der Waals surface area contributed by atoms with Gasteiger partial charge in [-0.2, -0.15) is 0 Å². The first-order chi connectivity index (χ1) is 15.7. The molecular weight excluding hydrogens is 544 g/mol. The van der Waals surface area contributed by atoms with Crippen molar-refractivity contribution >= 4 is 73.9 Å². The van der Waals surface area contributed by atoms with E-state index in [1.54, 1.807) is 32.9 Å². The second-order valence-corrected chi connectivity index (χ2v) is 11.5. The molecular formula is C22H25Cl4N3O4S. The van der Waals surface area contributed by atoms with Crippen molar-refractivity contribution in [3.05, 3.63) is 62.1 Å². The Kier molecular flexibility index (Phi) is 9.91. The highest BCUT2D eigenvalue weighted by molar-refractivity contribution is 7.92. The molecule has 0 saturated carbocycles. The van der Waals surface area contributed by atoms with Crippen LogP contribution in [0, 0.1) is 0 Å². The summed E-state index contributed by atoms with van der Waals surface area (Å²) in [6, 6.07) is 7.94. The van der Waals surface area contributed by atoms with E-state index in [9.17, 15) is 18.0 Å². The van der Waals surface area contributed by atoms with Gasteiger partial charge in [0.15, 0.2) is 0 Å². The van der Waals surface area contributed by atoms with Crippen LogP contribution in [0.4, 0.5) is 5.69 Å². The lowest BCUT2D eigenvalue weighted by atomic mass is 10.1. The topological polar surface area (TPSA) is 86.8 Å². The molecule has 2 aromatic carbocycles. The average Bonchev–Trinajstić information content (AvgIpc) is 2.71. The van der Waals surface area contributed by atoms with Crippen molar-refractivity contribution in [2.24, 2.45) is 0 Å². The Morgan fingerprint density at radius 2 is 1.59 bits per heavy atom. The van der Waals surface area contributed by atoms with Gasteiger partial charge in [0.25, 0.3) is 0 Å². The van der Waals surface area contributed by atoms with E-state index in [-0.39, 0.29) is 28.3 Å². The van der Waals surface area contributed by atoms with Gasteiger partial charge in [0.2, 0.25) is 21.8 Å². The number of amides is 2. The van der Waals surface area contributed by atoms with Crippen LogP contribution in [0.2, 0.25) is 20.1 Å². The maximum Gasteiger partial charge on any atom is 0.244 e. The molecule has 0 aromatic heterocycles. The lowest BCUT2D eigenvalue weighted by Gasteiger charge is -2.32. The molecule has 0 saturated heterocycles. The van der Waals surface area contributed by atoms with E-state index in [4.69, 9.17) is 46.4 Å². The van der Waals surface area contributed by atoms with E-state index in [0.717, 1.165) is 10.6 Å². The lowest BCUT2D eigenvalue weighted by Crippen LogP contribution is -2.52. The van der Waals surface area contributed by atoms with Gasteiger partial charge in [-0.25, -0.2) is 8.42 Å². The minimum absolute atomic E-state index is 0.0412. The van der Waals surface area contributed by atoms with E-state index in [1.165, 1.54) is 29.2 Å². The molecule has 0 aliphatic rings. The highest BCUT2D eigenvalue weighted by Crippen LogP contribution is 2.29. The van der Waals surface area contributed by atoms with Crippen molar-refractivity contribution in [2.45, 2.75) is 39.4 Å². The van der Waals surface area contributed by atoms with Crippen LogP contribution in [-0.2, 0) is 26.2 Å². The number of carbonyl (C=O) groups is 2. The average molecular weight is 569 g/mol. The molecule has 0 unspecified atom stereocenters.